The predicted molar refractivity (Wildman–Crippen MR) is 102 cm³/mol. The molecule has 0 spiro atoms. The molecule has 2 aromatic heterocycles. The first kappa shape index (κ1) is 18.9. The van der Waals surface area contributed by atoms with Crippen LogP contribution in [0.1, 0.15) is 17.8 Å². The van der Waals surface area contributed by atoms with Gasteiger partial charge in [0.25, 0.3) is 5.91 Å². The number of ether oxygens (including phenoxy) is 2. The van der Waals surface area contributed by atoms with Crippen LogP contribution in [-0.4, -0.2) is 30.1 Å². The molecule has 0 atom stereocenters. The minimum Gasteiger partial charge on any atom is -0.497 e. The second kappa shape index (κ2) is 8.62. The number of amides is 1. The zero-order chi connectivity index (χ0) is 17.6. The van der Waals surface area contributed by atoms with E-state index < -0.39 is 0 Å². The lowest BCUT2D eigenvalue weighted by atomic mass is 10.1. The summed E-state index contributed by atoms with van der Waals surface area (Å²) in [6.07, 6.45) is 6.64. The van der Waals surface area contributed by atoms with E-state index in [1.54, 1.807) is 50.0 Å². The molecular weight excluding hydrogens is 330 g/mol. The molecule has 6 nitrogen and oxygen atoms in total. The van der Waals surface area contributed by atoms with Gasteiger partial charge in [-0.05, 0) is 24.3 Å². The van der Waals surface area contributed by atoms with Crippen molar-refractivity contribution in [3.8, 4) is 22.6 Å². The van der Waals surface area contributed by atoms with Crippen LogP contribution in [0.5, 0.6) is 11.5 Å². The van der Waals surface area contributed by atoms with E-state index in [1.807, 2.05) is 12.1 Å². The normalized spacial score (nSPS) is 9.77. The quantitative estimate of drug-likeness (QED) is 0.751. The number of hydrogen-bond acceptors (Lipinski definition) is 5. The molecule has 2 heterocycles. The van der Waals surface area contributed by atoms with Crippen molar-refractivity contribution >= 4 is 11.6 Å². The molecule has 0 fully saturated rings. The summed E-state index contributed by atoms with van der Waals surface area (Å²) in [5.41, 5.74) is 2.72. The molecule has 3 aromatic rings. The summed E-state index contributed by atoms with van der Waals surface area (Å²) in [4.78, 5) is 20.8. The van der Waals surface area contributed by atoms with Gasteiger partial charge in [0.1, 0.15) is 11.5 Å². The highest BCUT2D eigenvalue weighted by atomic mass is 16.5. The Morgan fingerprint density at radius 1 is 0.962 bits per heavy atom. The standard InChI is InChI=1S/C19H17N3O3.CH4/c1-24-16-5-6-17(18(9-16)25-2)22-19(23)15-8-14(11-21-12-15)13-4-3-7-20-10-13;/h3-12H,1-2H3,(H,22,23);1H4. The Morgan fingerprint density at radius 3 is 2.46 bits per heavy atom. The minimum atomic E-state index is -0.276. The van der Waals surface area contributed by atoms with Crippen molar-refractivity contribution in [1.82, 2.24) is 9.97 Å². The van der Waals surface area contributed by atoms with Gasteiger partial charge in [0.05, 0.1) is 25.5 Å². The van der Waals surface area contributed by atoms with E-state index in [0.29, 0.717) is 22.7 Å². The van der Waals surface area contributed by atoms with Gasteiger partial charge < -0.3 is 14.8 Å². The second-order valence-corrected chi connectivity index (χ2v) is 5.22. The average Bonchev–Trinajstić information content (AvgIpc) is 2.69. The number of carbonyl (C=O) groups is 1. The molecule has 26 heavy (non-hydrogen) atoms. The fraction of sp³-hybridized carbons (Fsp3) is 0.150. The molecule has 6 heteroatoms. The van der Waals surface area contributed by atoms with E-state index in [0.717, 1.165) is 11.1 Å². The number of benzene rings is 1. The topological polar surface area (TPSA) is 73.3 Å². The molecule has 0 saturated heterocycles. The van der Waals surface area contributed by atoms with Crippen molar-refractivity contribution in [3.05, 3.63) is 66.7 Å². The number of rotatable bonds is 5. The van der Waals surface area contributed by atoms with E-state index in [4.69, 9.17) is 9.47 Å². The molecule has 1 N–H and O–H groups in total. The first-order valence-electron chi connectivity index (χ1n) is 7.60. The van der Waals surface area contributed by atoms with E-state index in [1.165, 1.54) is 13.3 Å². The third-order valence-electron chi connectivity index (χ3n) is 3.65. The zero-order valence-corrected chi connectivity index (χ0v) is 13.9. The fourth-order valence-electron chi connectivity index (χ4n) is 2.35. The SMILES string of the molecule is C.COc1ccc(NC(=O)c2cncc(-c3cccnc3)c2)c(OC)c1. The molecule has 0 saturated carbocycles. The number of nitrogens with zero attached hydrogens (tertiary/aromatic N) is 2. The van der Waals surface area contributed by atoms with Crippen molar-refractivity contribution in [3.63, 3.8) is 0 Å². The average molecular weight is 351 g/mol. The van der Waals surface area contributed by atoms with Crippen LogP contribution in [0, 0.1) is 0 Å². The second-order valence-electron chi connectivity index (χ2n) is 5.22. The Labute approximate surface area is 152 Å². The molecule has 1 aromatic carbocycles. The van der Waals surface area contributed by atoms with Crippen molar-refractivity contribution in [2.24, 2.45) is 0 Å². The smallest absolute Gasteiger partial charge is 0.257 e. The van der Waals surface area contributed by atoms with Crippen LogP contribution in [-0.2, 0) is 0 Å². The summed E-state index contributed by atoms with van der Waals surface area (Å²) in [5, 5.41) is 2.83. The molecule has 0 aliphatic heterocycles. The number of aromatic nitrogens is 2. The molecule has 134 valence electrons. The lowest BCUT2D eigenvalue weighted by molar-refractivity contribution is 0.102. The van der Waals surface area contributed by atoms with Crippen LogP contribution in [0.4, 0.5) is 5.69 Å². The van der Waals surface area contributed by atoms with Gasteiger partial charge in [-0.3, -0.25) is 14.8 Å². The molecule has 0 aliphatic rings. The van der Waals surface area contributed by atoms with Gasteiger partial charge in [-0.25, -0.2) is 0 Å². The Morgan fingerprint density at radius 2 is 1.77 bits per heavy atom. The number of nitrogens with one attached hydrogen (secondary N) is 1. The van der Waals surface area contributed by atoms with Crippen LogP contribution in [0.25, 0.3) is 11.1 Å². The third-order valence-corrected chi connectivity index (χ3v) is 3.65. The van der Waals surface area contributed by atoms with Gasteiger partial charge in [-0.15, -0.1) is 0 Å². The lowest BCUT2D eigenvalue weighted by Gasteiger charge is -2.12. The largest absolute Gasteiger partial charge is 0.497 e. The highest BCUT2D eigenvalue weighted by Crippen LogP contribution is 2.29. The number of carbonyl (C=O) groups excluding carboxylic acids is 1. The molecule has 0 unspecified atom stereocenters. The Hall–Kier alpha value is -3.41. The summed E-state index contributed by atoms with van der Waals surface area (Å²) in [7, 11) is 3.11. The minimum absolute atomic E-state index is 0. The third kappa shape index (κ3) is 4.16. The number of methoxy groups -OCH3 is 2. The summed E-state index contributed by atoms with van der Waals surface area (Å²) >= 11 is 0. The van der Waals surface area contributed by atoms with E-state index in [2.05, 4.69) is 15.3 Å². The number of anilines is 1. The van der Waals surface area contributed by atoms with Crippen LogP contribution < -0.4 is 14.8 Å². The zero-order valence-electron chi connectivity index (χ0n) is 13.9. The number of hydrogen-bond donors (Lipinski definition) is 1. The van der Waals surface area contributed by atoms with Crippen molar-refractivity contribution < 1.29 is 14.3 Å². The van der Waals surface area contributed by atoms with Gasteiger partial charge in [0.15, 0.2) is 0 Å². The summed E-state index contributed by atoms with van der Waals surface area (Å²) in [6.45, 7) is 0. The van der Waals surface area contributed by atoms with Gasteiger partial charge in [0.2, 0.25) is 0 Å². The fourth-order valence-corrected chi connectivity index (χ4v) is 2.35. The monoisotopic (exact) mass is 351 g/mol. The molecule has 0 bridgehead atoms. The highest BCUT2D eigenvalue weighted by molar-refractivity contribution is 6.05. The van der Waals surface area contributed by atoms with Crippen molar-refractivity contribution in [2.75, 3.05) is 19.5 Å². The first-order valence-corrected chi connectivity index (χ1v) is 7.60. The van der Waals surface area contributed by atoms with Gasteiger partial charge in [-0.2, -0.15) is 0 Å². The molecule has 0 radical (unpaired) electrons. The first-order chi connectivity index (χ1) is 12.2. The molecule has 3 rings (SSSR count). The molecule has 1 amide bonds. The highest BCUT2D eigenvalue weighted by Gasteiger charge is 2.12. The molecule has 0 aliphatic carbocycles. The van der Waals surface area contributed by atoms with E-state index >= 15 is 0 Å². The summed E-state index contributed by atoms with van der Waals surface area (Å²) in [5.74, 6) is 0.890. The van der Waals surface area contributed by atoms with Crippen molar-refractivity contribution in [2.45, 2.75) is 7.43 Å². The number of pyridine rings is 2. The maximum Gasteiger partial charge on any atom is 0.257 e. The summed E-state index contributed by atoms with van der Waals surface area (Å²) in [6, 6.07) is 10.7. The van der Waals surface area contributed by atoms with E-state index in [-0.39, 0.29) is 13.3 Å². The Bertz CT molecular complexity index is 882. The van der Waals surface area contributed by atoms with Crippen molar-refractivity contribution in [1.29, 1.82) is 0 Å². The van der Waals surface area contributed by atoms with Crippen LogP contribution in [0.15, 0.2) is 61.2 Å². The van der Waals surface area contributed by atoms with Gasteiger partial charge in [0, 0.05) is 42.0 Å². The van der Waals surface area contributed by atoms with Crippen LogP contribution in [0.3, 0.4) is 0 Å². The van der Waals surface area contributed by atoms with Crippen LogP contribution >= 0.6 is 0 Å². The van der Waals surface area contributed by atoms with Gasteiger partial charge in [-0.1, -0.05) is 13.5 Å². The van der Waals surface area contributed by atoms with E-state index in [9.17, 15) is 4.79 Å². The maximum atomic E-state index is 12.6. The molecular formula is C20H21N3O3. The Balaban J connectivity index is 0.00000243. The van der Waals surface area contributed by atoms with Gasteiger partial charge >= 0.3 is 0 Å². The lowest BCUT2D eigenvalue weighted by Crippen LogP contribution is -2.13. The summed E-state index contributed by atoms with van der Waals surface area (Å²) < 4.78 is 10.5. The maximum absolute atomic E-state index is 12.6. The Kier molecular flexibility index (Phi) is 6.27. The predicted octanol–water partition coefficient (Wildman–Crippen LogP) is 4.05. The van der Waals surface area contributed by atoms with Crippen LogP contribution in [0.2, 0.25) is 0 Å².